The van der Waals surface area contributed by atoms with Crippen LogP contribution in [0.2, 0.25) is 0 Å². The second kappa shape index (κ2) is 5.77. The van der Waals surface area contributed by atoms with Gasteiger partial charge < -0.3 is 11.1 Å². The highest BCUT2D eigenvalue weighted by molar-refractivity contribution is 9.10. The average molecular weight is 300 g/mol. The first kappa shape index (κ1) is 13.6. The van der Waals surface area contributed by atoms with Gasteiger partial charge in [-0.1, -0.05) is 19.9 Å². The van der Waals surface area contributed by atoms with E-state index in [2.05, 4.69) is 26.2 Å². The second-order valence-corrected chi connectivity index (χ2v) is 4.76. The summed E-state index contributed by atoms with van der Waals surface area (Å²) < 4.78 is 0.560. The molecule has 0 bridgehead atoms. The maximum atomic E-state index is 11.8. The van der Waals surface area contributed by atoms with Gasteiger partial charge in [0.25, 0.3) is 5.91 Å². The highest BCUT2D eigenvalue weighted by atomic mass is 79.9. The number of halogens is 1. The number of carbonyl (C=O) groups excluding carboxylic acids is 2. The zero-order valence-corrected chi connectivity index (χ0v) is 11.2. The number of aromatic nitrogens is 1. The van der Waals surface area contributed by atoms with Crippen LogP contribution in [0.3, 0.4) is 0 Å². The molecule has 17 heavy (non-hydrogen) atoms. The van der Waals surface area contributed by atoms with Crippen LogP contribution in [0.4, 0.5) is 0 Å². The van der Waals surface area contributed by atoms with Gasteiger partial charge in [0.15, 0.2) is 0 Å². The molecule has 0 saturated heterocycles. The van der Waals surface area contributed by atoms with Crippen molar-refractivity contribution in [1.29, 1.82) is 0 Å². The molecule has 1 unspecified atom stereocenters. The second-order valence-electron chi connectivity index (χ2n) is 3.94. The lowest BCUT2D eigenvalue weighted by Gasteiger charge is -2.18. The molecule has 1 rings (SSSR count). The first-order valence-corrected chi connectivity index (χ1v) is 5.94. The molecule has 0 radical (unpaired) electrons. The van der Waals surface area contributed by atoms with E-state index in [0.29, 0.717) is 4.60 Å². The number of nitrogens with zero attached hydrogens (tertiary/aromatic N) is 1. The van der Waals surface area contributed by atoms with Crippen LogP contribution in [-0.2, 0) is 4.79 Å². The van der Waals surface area contributed by atoms with Crippen molar-refractivity contribution < 1.29 is 9.59 Å². The van der Waals surface area contributed by atoms with Crippen molar-refractivity contribution in [2.24, 2.45) is 11.7 Å². The molecule has 0 aliphatic rings. The molecule has 1 atom stereocenters. The molecule has 0 aromatic carbocycles. The van der Waals surface area contributed by atoms with Crippen LogP contribution < -0.4 is 11.1 Å². The molecule has 2 amide bonds. The molecular formula is C11H14BrN3O2. The fourth-order valence-electron chi connectivity index (χ4n) is 1.32. The van der Waals surface area contributed by atoms with Crippen molar-refractivity contribution in [2.75, 3.05) is 0 Å². The van der Waals surface area contributed by atoms with Gasteiger partial charge >= 0.3 is 0 Å². The number of nitrogens with one attached hydrogen (secondary N) is 1. The number of amides is 2. The highest BCUT2D eigenvalue weighted by Gasteiger charge is 2.22. The van der Waals surface area contributed by atoms with Gasteiger partial charge in [0.2, 0.25) is 5.91 Å². The molecule has 5 nitrogen and oxygen atoms in total. The quantitative estimate of drug-likeness (QED) is 0.816. The van der Waals surface area contributed by atoms with Crippen LogP contribution in [0.15, 0.2) is 22.8 Å². The third-order valence-corrected chi connectivity index (χ3v) is 2.65. The third-order valence-electron chi connectivity index (χ3n) is 2.21. The van der Waals surface area contributed by atoms with Crippen LogP contribution in [0.25, 0.3) is 0 Å². The van der Waals surface area contributed by atoms with E-state index < -0.39 is 17.9 Å². The molecule has 3 N–H and O–H groups in total. The van der Waals surface area contributed by atoms with Gasteiger partial charge in [0, 0.05) is 0 Å². The number of pyridine rings is 1. The van der Waals surface area contributed by atoms with E-state index in [1.54, 1.807) is 18.2 Å². The van der Waals surface area contributed by atoms with Crippen molar-refractivity contribution in [2.45, 2.75) is 19.9 Å². The number of rotatable bonds is 4. The van der Waals surface area contributed by atoms with Crippen LogP contribution in [0.5, 0.6) is 0 Å². The van der Waals surface area contributed by atoms with Crippen LogP contribution in [-0.4, -0.2) is 22.8 Å². The van der Waals surface area contributed by atoms with E-state index in [1.807, 2.05) is 13.8 Å². The van der Waals surface area contributed by atoms with Crippen molar-refractivity contribution in [3.05, 3.63) is 28.5 Å². The summed E-state index contributed by atoms with van der Waals surface area (Å²) in [7, 11) is 0. The minimum atomic E-state index is -0.691. The Morgan fingerprint density at radius 3 is 2.53 bits per heavy atom. The number of primary amides is 1. The molecule has 0 fully saturated rings. The summed E-state index contributed by atoms with van der Waals surface area (Å²) in [5.74, 6) is -1.03. The summed E-state index contributed by atoms with van der Waals surface area (Å²) in [5.41, 5.74) is 5.45. The normalized spacial score (nSPS) is 12.2. The number of hydrogen-bond acceptors (Lipinski definition) is 3. The highest BCUT2D eigenvalue weighted by Crippen LogP contribution is 2.07. The summed E-state index contributed by atoms with van der Waals surface area (Å²) in [6, 6.07) is 4.28. The Labute approximate surface area is 108 Å². The van der Waals surface area contributed by atoms with Gasteiger partial charge in [-0.3, -0.25) is 9.59 Å². The van der Waals surface area contributed by atoms with Crippen molar-refractivity contribution >= 4 is 27.7 Å². The summed E-state index contributed by atoms with van der Waals surface area (Å²) in [5, 5.41) is 2.56. The van der Waals surface area contributed by atoms with E-state index in [9.17, 15) is 9.59 Å². The fraction of sp³-hybridized carbons (Fsp3) is 0.364. The van der Waals surface area contributed by atoms with Gasteiger partial charge in [-0.25, -0.2) is 4.98 Å². The van der Waals surface area contributed by atoms with E-state index in [0.717, 1.165) is 0 Å². The number of carbonyl (C=O) groups is 2. The summed E-state index contributed by atoms with van der Waals surface area (Å²) in [6.07, 6.45) is 0. The summed E-state index contributed by atoms with van der Waals surface area (Å²) >= 11 is 3.17. The molecule has 92 valence electrons. The van der Waals surface area contributed by atoms with Crippen molar-refractivity contribution in [1.82, 2.24) is 10.3 Å². The van der Waals surface area contributed by atoms with Gasteiger partial charge in [0.05, 0.1) is 0 Å². The van der Waals surface area contributed by atoms with Gasteiger partial charge in [-0.05, 0) is 34.0 Å². The fourth-order valence-corrected chi connectivity index (χ4v) is 1.66. The summed E-state index contributed by atoms with van der Waals surface area (Å²) in [4.78, 5) is 27.0. The molecule has 1 aromatic rings. The smallest absolute Gasteiger partial charge is 0.270 e. The Hall–Kier alpha value is -1.43. The topological polar surface area (TPSA) is 85.1 Å². The standard InChI is InChI=1S/C11H14BrN3O2/c1-6(2)9(10(13)16)15-11(17)7-4-3-5-8(12)14-7/h3-6,9H,1-2H3,(H2,13,16)(H,15,17). The lowest BCUT2D eigenvalue weighted by atomic mass is 10.0. The Morgan fingerprint density at radius 1 is 1.41 bits per heavy atom. The zero-order valence-electron chi connectivity index (χ0n) is 9.61. The molecule has 0 spiro atoms. The average Bonchev–Trinajstić information content (AvgIpc) is 2.24. The third kappa shape index (κ3) is 3.81. The Morgan fingerprint density at radius 2 is 2.06 bits per heavy atom. The number of nitrogens with two attached hydrogens (primary N) is 1. The van der Waals surface area contributed by atoms with E-state index in [1.165, 1.54) is 0 Å². The molecule has 1 heterocycles. The molecule has 0 aliphatic carbocycles. The van der Waals surface area contributed by atoms with Crippen LogP contribution >= 0.6 is 15.9 Å². The van der Waals surface area contributed by atoms with Gasteiger partial charge in [-0.2, -0.15) is 0 Å². The predicted molar refractivity (Wildman–Crippen MR) is 67.2 cm³/mol. The Kier molecular flexibility index (Phi) is 4.62. The van der Waals surface area contributed by atoms with E-state index >= 15 is 0 Å². The lowest BCUT2D eigenvalue weighted by Crippen LogP contribution is -2.47. The maximum absolute atomic E-state index is 11.8. The SMILES string of the molecule is CC(C)C(NC(=O)c1cccc(Br)n1)C(N)=O. The van der Waals surface area contributed by atoms with Crippen molar-refractivity contribution in [3.63, 3.8) is 0 Å². The van der Waals surface area contributed by atoms with E-state index in [4.69, 9.17) is 5.73 Å². The predicted octanol–water partition coefficient (Wildman–Crippen LogP) is 1.08. The maximum Gasteiger partial charge on any atom is 0.270 e. The summed E-state index contributed by atoms with van der Waals surface area (Å²) in [6.45, 7) is 3.62. The first-order valence-electron chi connectivity index (χ1n) is 5.14. The number of hydrogen-bond donors (Lipinski definition) is 2. The lowest BCUT2D eigenvalue weighted by molar-refractivity contribution is -0.120. The van der Waals surface area contributed by atoms with Crippen LogP contribution in [0.1, 0.15) is 24.3 Å². The molecule has 0 saturated carbocycles. The molecule has 6 heteroatoms. The van der Waals surface area contributed by atoms with Gasteiger partial charge in [0.1, 0.15) is 16.3 Å². The minimum absolute atomic E-state index is 0.0661. The zero-order chi connectivity index (χ0) is 13.0. The molecular weight excluding hydrogens is 286 g/mol. The largest absolute Gasteiger partial charge is 0.368 e. The van der Waals surface area contributed by atoms with Gasteiger partial charge in [-0.15, -0.1) is 0 Å². The Bertz CT molecular complexity index is 434. The van der Waals surface area contributed by atoms with E-state index in [-0.39, 0.29) is 11.6 Å². The first-order chi connectivity index (χ1) is 7.91. The molecule has 0 aliphatic heterocycles. The van der Waals surface area contributed by atoms with Crippen LogP contribution in [0, 0.1) is 5.92 Å². The molecule has 1 aromatic heterocycles. The minimum Gasteiger partial charge on any atom is -0.368 e. The monoisotopic (exact) mass is 299 g/mol. The van der Waals surface area contributed by atoms with Crippen molar-refractivity contribution in [3.8, 4) is 0 Å². The Balaban J connectivity index is 2.81.